The summed E-state index contributed by atoms with van der Waals surface area (Å²) in [6, 6.07) is 14.5. The molecule has 0 aliphatic rings. The average molecular weight is 540 g/mol. The molecule has 0 saturated heterocycles. The molecule has 0 bridgehead atoms. The second-order valence-corrected chi connectivity index (χ2v) is 8.96. The normalized spacial score (nSPS) is 11.6. The highest BCUT2D eigenvalue weighted by Crippen LogP contribution is 2.17. The number of nitrogens with one attached hydrogen (secondary N) is 2. The highest BCUT2D eigenvalue weighted by molar-refractivity contribution is 5.91. The Morgan fingerprint density at radius 2 is 1.46 bits per heavy atom. The van der Waals surface area contributed by atoms with Gasteiger partial charge in [0.2, 0.25) is 17.7 Å². The molecule has 0 unspecified atom stereocenters. The first-order valence-corrected chi connectivity index (χ1v) is 12.5. The third kappa shape index (κ3) is 13.5. The number of nitrogens with two attached hydrogens (primary N) is 5. The highest BCUT2D eigenvalue weighted by atomic mass is 16.2. The lowest BCUT2D eigenvalue weighted by Crippen LogP contribution is -2.49. The molecule has 2 rings (SSSR count). The van der Waals surface area contributed by atoms with Gasteiger partial charge in [-0.3, -0.25) is 14.4 Å². The van der Waals surface area contributed by atoms with Gasteiger partial charge in [0, 0.05) is 13.0 Å². The van der Waals surface area contributed by atoms with Gasteiger partial charge < -0.3 is 39.3 Å². The van der Waals surface area contributed by atoms with Gasteiger partial charge in [0.15, 0.2) is 11.9 Å². The lowest BCUT2D eigenvalue weighted by Gasteiger charge is -2.19. The third-order valence-corrected chi connectivity index (χ3v) is 5.60. The van der Waals surface area contributed by atoms with Crippen molar-refractivity contribution in [1.82, 2.24) is 10.6 Å². The standard InChI is InChI=1S/C24H33N5O2.C3H8N4O/c1-16-9-7-10-17(2)20(16)15-21(29-24(25)26)23(31)28-18(3)22(30)27-14-8-13-19-11-5-4-6-12-19;4-2(8)1-7-3(5)6/h4-7,9-12,18,21H,8,13-15H2,1-3H3,(H,27,30)(H,28,31)(H4,25,26,29);1H2,(H2,4,8)(H4,5,6,7)/t18-,21+;/m1./s1. The summed E-state index contributed by atoms with van der Waals surface area (Å²) in [7, 11) is 0. The summed E-state index contributed by atoms with van der Waals surface area (Å²) < 4.78 is 0. The summed E-state index contributed by atoms with van der Waals surface area (Å²) in [5.41, 5.74) is 29.9. The van der Waals surface area contributed by atoms with Crippen molar-refractivity contribution in [3.8, 4) is 0 Å². The number of amides is 3. The number of benzene rings is 2. The Bertz CT molecular complexity index is 1120. The molecule has 2 aromatic carbocycles. The molecule has 2 aromatic rings. The number of hydrogen-bond donors (Lipinski definition) is 7. The van der Waals surface area contributed by atoms with Gasteiger partial charge in [-0.15, -0.1) is 0 Å². The van der Waals surface area contributed by atoms with Crippen LogP contribution < -0.4 is 39.3 Å². The van der Waals surface area contributed by atoms with Crippen LogP contribution >= 0.6 is 0 Å². The first-order chi connectivity index (χ1) is 18.4. The van der Waals surface area contributed by atoms with Crippen LogP contribution in [0.5, 0.6) is 0 Å². The Morgan fingerprint density at radius 3 is 1.97 bits per heavy atom. The molecular formula is C27H41N9O3. The van der Waals surface area contributed by atoms with Gasteiger partial charge in [0.1, 0.15) is 18.6 Å². The quantitative estimate of drug-likeness (QED) is 0.106. The van der Waals surface area contributed by atoms with Crippen molar-refractivity contribution in [2.75, 3.05) is 13.1 Å². The van der Waals surface area contributed by atoms with E-state index in [2.05, 4.69) is 38.5 Å². The number of carbonyl (C=O) groups is 3. The Kier molecular flexibility index (Phi) is 14.1. The molecule has 3 amide bonds. The van der Waals surface area contributed by atoms with Crippen LogP contribution in [-0.2, 0) is 27.2 Å². The van der Waals surface area contributed by atoms with E-state index in [0.29, 0.717) is 13.0 Å². The molecule has 2 atom stereocenters. The Morgan fingerprint density at radius 1 is 0.846 bits per heavy atom. The first kappa shape index (κ1) is 32.4. The Hall–Kier alpha value is -4.61. The van der Waals surface area contributed by atoms with Crippen molar-refractivity contribution in [3.63, 3.8) is 0 Å². The topological polar surface area (TPSA) is 230 Å². The van der Waals surface area contributed by atoms with E-state index in [9.17, 15) is 14.4 Å². The number of rotatable bonds is 12. The van der Waals surface area contributed by atoms with E-state index >= 15 is 0 Å². The second-order valence-electron chi connectivity index (χ2n) is 8.96. The van der Waals surface area contributed by atoms with Gasteiger partial charge in [-0.2, -0.15) is 0 Å². The predicted molar refractivity (Wildman–Crippen MR) is 154 cm³/mol. The summed E-state index contributed by atoms with van der Waals surface area (Å²) in [5.74, 6) is -1.45. The second kappa shape index (κ2) is 17.0. The van der Waals surface area contributed by atoms with Crippen LogP contribution in [-0.4, -0.2) is 54.8 Å². The minimum atomic E-state index is -0.807. The van der Waals surface area contributed by atoms with Crippen molar-refractivity contribution in [2.45, 2.75) is 52.1 Å². The van der Waals surface area contributed by atoms with Crippen LogP contribution in [0.15, 0.2) is 58.5 Å². The summed E-state index contributed by atoms with van der Waals surface area (Å²) in [5, 5.41) is 5.60. The largest absolute Gasteiger partial charge is 0.370 e. The smallest absolute Gasteiger partial charge is 0.245 e. The lowest BCUT2D eigenvalue weighted by atomic mass is 9.96. The van der Waals surface area contributed by atoms with Crippen LogP contribution in [0.1, 0.15) is 35.6 Å². The molecule has 0 spiro atoms. The van der Waals surface area contributed by atoms with Gasteiger partial charge >= 0.3 is 0 Å². The molecule has 212 valence electrons. The molecule has 0 fully saturated rings. The van der Waals surface area contributed by atoms with Crippen molar-refractivity contribution in [1.29, 1.82) is 0 Å². The summed E-state index contributed by atoms with van der Waals surface area (Å²) >= 11 is 0. The van der Waals surface area contributed by atoms with Crippen LogP contribution in [0.2, 0.25) is 0 Å². The van der Waals surface area contributed by atoms with E-state index in [1.807, 2.05) is 50.2 Å². The third-order valence-electron chi connectivity index (χ3n) is 5.60. The predicted octanol–water partition coefficient (Wildman–Crippen LogP) is -0.513. The minimum absolute atomic E-state index is 0.121. The van der Waals surface area contributed by atoms with Gasteiger partial charge in [0.05, 0.1) is 0 Å². The number of nitrogens with zero attached hydrogens (tertiary/aromatic N) is 2. The number of aliphatic imine (C=N–C) groups is 2. The van der Waals surface area contributed by atoms with Gasteiger partial charge in [-0.05, 0) is 55.9 Å². The Labute approximate surface area is 229 Å². The lowest BCUT2D eigenvalue weighted by molar-refractivity contribution is -0.129. The zero-order valence-electron chi connectivity index (χ0n) is 22.8. The molecule has 12 nitrogen and oxygen atoms in total. The highest BCUT2D eigenvalue weighted by Gasteiger charge is 2.24. The maximum absolute atomic E-state index is 12.8. The minimum Gasteiger partial charge on any atom is -0.370 e. The summed E-state index contributed by atoms with van der Waals surface area (Å²) in [6.07, 6.45) is 2.05. The van der Waals surface area contributed by atoms with E-state index in [1.165, 1.54) is 5.56 Å². The first-order valence-electron chi connectivity index (χ1n) is 12.5. The number of aryl methyl sites for hydroxylation is 3. The molecule has 0 heterocycles. The number of primary amides is 1. The molecule has 12 heteroatoms. The van der Waals surface area contributed by atoms with Gasteiger partial charge in [-0.1, -0.05) is 48.5 Å². The molecule has 0 saturated carbocycles. The summed E-state index contributed by atoms with van der Waals surface area (Å²) in [6.45, 7) is 6.02. The molecule has 0 aliphatic carbocycles. The monoisotopic (exact) mass is 539 g/mol. The fourth-order valence-corrected chi connectivity index (χ4v) is 3.59. The number of carbonyl (C=O) groups excluding carboxylic acids is 3. The van der Waals surface area contributed by atoms with Crippen LogP contribution in [0.4, 0.5) is 0 Å². The van der Waals surface area contributed by atoms with E-state index < -0.39 is 18.0 Å². The zero-order chi connectivity index (χ0) is 29.4. The fourth-order valence-electron chi connectivity index (χ4n) is 3.59. The van der Waals surface area contributed by atoms with Gasteiger partial charge in [-0.25, -0.2) is 9.98 Å². The number of guanidine groups is 2. The average Bonchev–Trinajstić information content (AvgIpc) is 2.87. The molecule has 39 heavy (non-hydrogen) atoms. The molecule has 0 aromatic heterocycles. The SMILES string of the molecule is Cc1cccc(C)c1C[C@H](N=C(N)N)C(=O)N[C@H](C)C(=O)NCCCc1ccccc1.NC(=O)CN=C(N)N. The summed E-state index contributed by atoms with van der Waals surface area (Å²) in [4.78, 5) is 42.6. The van der Waals surface area contributed by atoms with E-state index in [0.717, 1.165) is 29.5 Å². The zero-order valence-corrected chi connectivity index (χ0v) is 22.8. The van der Waals surface area contributed by atoms with Crippen LogP contribution in [0, 0.1) is 13.8 Å². The molecule has 0 aliphatic heterocycles. The van der Waals surface area contributed by atoms with E-state index in [4.69, 9.17) is 22.9 Å². The molecule has 0 radical (unpaired) electrons. The maximum atomic E-state index is 12.8. The number of hydrogen-bond acceptors (Lipinski definition) is 5. The van der Waals surface area contributed by atoms with Crippen molar-refractivity contribution in [3.05, 3.63) is 70.8 Å². The van der Waals surface area contributed by atoms with E-state index in [-0.39, 0.29) is 30.3 Å². The molecular weight excluding hydrogens is 498 g/mol. The fraction of sp³-hybridized carbons (Fsp3) is 0.370. The van der Waals surface area contributed by atoms with Crippen molar-refractivity contribution >= 4 is 29.6 Å². The van der Waals surface area contributed by atoms with Crippen molar-refractivity contribution in [2.24, 2.45) is 38.7 Å². The maximum Gasteiger partial charge on any atom is 0.245 e. The van der Waals surface area contributed by atoms with Crippen LogP contribution in [0.25, 0.3) is 0 Å². The van der Waals surface area contributed by atoms with Crippen molar-refractivity contribution < 1.29 is 14.4 Å². The van der Waals surface area contributed by atoms with Crippen LogP contribution in [0.3, 0.4) is 0 Å². The van der Waals surface area contributed by atoms with Gasteiger partial charge in [0.25, 0.3) is 0 Å². The molecule has 12 N–H and O–H groups in total. The van der Waals surface area contributed by atoms with E-state index in [1.54, 1.807) is 6.92 Å². The Balaban J connectivity index is 0.000000824.